The van der Waals surface area contributed by atoms with E-state index in [2.05, 4.69) is 31.4 Å². The first-order valence-electron chi connectivity index (χ1n) is 6.15. The van der Waals surface area contributed by atoms with Crippen LogP contribution in [0.15, 0.2) is 0 Å². The molecule has 1 aliphatic rings. The van der Waals surface area contributed by atoms with Crippen molar-refractivity contribution in [2.45, 2.75) is 65.0 Å². The van der Waals surface area contributed by atoms with Crippen molar-refractivity contribution >= 4 is 6.03 Å². The zero-order valence-electron chi connectivity index (χ0n) is 10.2. The smallest absolute Gasteiger partial charge is 0.315 e. The second-order valence-electron chi connectivity index (χ2n) is 5.13. The molecule has 3 heteroatoms. The molecule has 1 saturated carbocycles. The Labute approximate surface area is 93.0 Å². The number of urea groups is 1. The van der Waals surface area contributed by atoms with Crippen LogP contribution in [0.25, 0.3) is 0 Å². The van der Waals surface area contributed by atoms with Gasteiger partial charge in [-0.05, 0) is 32.1 Å². The lowest BCUT2D eigenvalue weighted by molar-refractivity contribution is 0.232. The molecule has 0 bridgehead atoms. The zero-order chi connectivity index (χ0) is 11.3. The highest BCUT2D eigenvalue weighted by Gasteiger charge is 2.17. The van der Waals surface area contributed by atoms with Gasteiger partial charge in [0.1, 0.15) is 0 Å². The zero-order valence-corrected chi connectivity index (χ0v) is 10.2. The van der Waals surface area contributed by atoms with E-state index in [0.717, 1.165) is 19.3 Å². The summed E-state index contributed by atoms with van der Waals surface area (Å²) >= 11 is 0. The van der Waals surface area contributed by atoms with Crippen molar-refractivity contribution in [1.29, 1.82) is 0 Å². The van der Waals surface area contributed by atoms with Gasteiger partial charge in [0.2, 0.25) is 0 Å². The van der Waals surface area contributed by atoms with E-state index in [9.17, 15) is 4.79 Å². The summed E-state index contributed by atoms with van der Waals surface area (Å²) in [7, 11) is 0. The number of carbonyl (C=O) groups is 1. The average molecular weight is 212 g/mol. The maximum absolute atomic E-state index is 11.6. The average Bonchev–Trinajstić information content (AvgIpc) is 2.53. The van der Waals surface area contributed by atoms with E-state index in [-0.39, 0.29) is 12.1 Å². The van der Waals surface area contributed by atoms with Crippen LogP contribution in [0.1, 0.15) is 52.9 Å². The molecule has 0 aromatic carbocycles. The molecule has 0 aromatic rings. The summed E-state index contributed by atoms with van der Waals surface area (Å²) in [5.74, 6) is 0.631. The van der Waals surface area contributed by atoms with Gasteiger partial charge in [0.05, 0.1) is 0 Å². The van der Waals surface area contributed by atoms with Crippen molar-refractivity contribution < 1.29 is 4.79 Å². The van der Waals surface area contributed by atoms with E-state index in [0.29, 0.717) is 12.0 Å². The number of hydrogen-bond acceptors (Lipinski definition) is 1. The molecule has 1 fully saturated rings. The molecule has 1 aliphatic carbocycles. The Kier molecular flexibility index (Phi) is 4.92. The molecule has 1 unspecified atom stereocenters. The topological polar surface area (TPSA) is 41.1 Å². The van der Waals surface area contributed by atoms with Crippen LogP contribution >= 0.6 is 0 Å². The Bertz CT molecular complexity index is 198. The van der Waals surface area contributed by atoms with Crippen molar-refractivity contribution in [2.24, 2.45) is 5.92 Å². The highest BCUT2D eigenvalue weighted by molar-refractivity contribution is 5.74. The Hall–Kier alpha value is -0.730. The maximum Gasteiger partial charge on any atom is 0.315 e. The van der Waals surface area contributed by atoms with E-state index in [1.54, 1.807) is 0 Å². The molecule has 15 heavy (non-hydrogen) atoms. The third-order valence-corrected chi connectivity index (χ3v) is 2.89. The first kappa shape index (κ1) is 12.3. The van der Waals surface area contributed by atoms with E-state index < -0.39 is 0 Å². The predicted octanol–water partition coefficient (Wildman–Crippen LogP) is 2.66. The van der Waals surface area contributed by atoms with Crippen molar-refractivity contribution in [3.63, 3.8) is 0 Å². The molecule has 0 radical (unpaired) electrons. The largest absolute Gasteiger partial charge is 0.336 e. The highest BCUT2D eigenvalue weighted by Crippen LogP contribution is 2.17. The van der Waals surface area contributed by atoms with Gasteiger partial charge in [0.25, 0.3) is 0 Å². The number of carbonyl (C=O) groups excluding carboxylic acids is 1. The van der Waals surface area contributed by atoms with Gasteiger partial charge in [-0.15, -0.1) is 0 Å². The number of nitrogens with one attached hydrogen (secondary N) is 2. The van der Waals surface area contributed by atoms with E-state index in [4.69, 9.17) is 0 Å². The Morgan fingerprint density at radius 2 is 1.87 bits per heavy atom. The number of amides is 2. The molecular formula is C12H24N2O. The monoisotopic (exact) mass is 212 g/mol. The van der Waals surface area contributed by atoms with Crippen molar-refractivity contribution in [1.82, 2.24) is 10.6 Å². The summed E-state index contributed by atoms with van der Waals surface area (Å²) in [5, 5.41) is 6.02. The first-order valence-corrected chi connectivity index (χ1v) is 6.15. The van der Waals surface area contributed by atoms with Crippen LogP contribution in [-0.4, -0.2) is 18.1 Å². The SMILES string of the molecule is CC(C)CC(C)NC(=O)NC1CCCC1. The van der Waals surface area contributed by atoms with Gasteiger partial charge in [-0.3, -0.25) is 0 Å². The lowest BCUT2D eigenvalue weighted by Gasteiger charge is -2.18. The maximum atomic E-state index is 11.6. The fraction of sp³-hybridized carbons (Fsp3) is 0.917. The molecule has 2 N–H and O–H groups in total. The number of hydrogen-bond donors (Lipinski definition) is 2. The first-order chi connectivity index (χ1) is 7.08. The van der Waals surface area contributed by atoms with Gasteiger partial charge in [-0.25, -0.2) is 4.79 Å². The minimum absolute atomic E-state index is 0.00931. The van der Waals surface area contributed by atoms with Crippen molar-refractivity contribution in [3.05, 3.63) is 0 Å². The predicted molar refractivity (Wildman–Crippen MR) is 62.8 cm³/mol. The van der Waals surface area contributed by atoms with Gasteiger partial charge in [-0.1, -0.05) is 26.7 Å². The molecule has 3 nitrogen and oxygen atoms in total. The third-order valence-electron chi connectivity index (χ3n) is 2.89. The summed E-state index contributed by atoms with van der Waals surface area (Å²) in [6.45, 7) is 6.41. The Morgan fingerprint density at radius 1 is 1.27 bits per heavy atom. The van der Waals surface area contributed by atoms with E-state index in [1.165, 1.54) is 12.8 Å². The fourth-order valence-electron chi connectivity index (χ4n) is 2.29. The van der Waals surface area contributed by atoms with Crippen molar-refractivity contribution in [3.8, 4) is 0 Å². The third kappa shape index (κ3) is 5.05. The van der Waals surface area contributed by atoms with Gasteiger partial charge < -0.3 is 10.6 Å². The standard InChI is InChI=1S/C12H24N2O/c1-9(2)8-10(3)13-12(15)14-11-6-4-5-7-11/h9-11H,4-8H2,1-3H3,(H2,13,14,15). The minimum Gasteiger partial charge on any atom is -0.336 e. The van der Waals surface area contributed by atoms with Crippen LogP contribution < -0.4 is 10.6 Å². The molecule has 1 rings (SSSR count). The molecule has 1 atom stereocenters. The van der Waals surface area contributed by atoms with Gasteiger partial charge in [0, 0.05) is 12.1 Å². The highest BCUT2D eigenvalue weighted by atomic mass is 16.2. The van der Waals surface area contributed by atoms with E-state index >= 15 is 0 Å². The molecule has 0 aromatic heterocycles. The summed E-state index contributed by atoms with van der Waals surface area (Å²) in [4.78, 5) is 11.6. The molecule has 0 heterocycles. The van der Waals surface area contributed by atoms with Crippen LogP contribution in [-0.2, 0) is 0 Å². The van der Waals surface area contributed by atoms with E-state index in [1.807, 2.05) is 0 Å². The van der Waals surface area contributed by atoms with Crippen LogP contribution in [0.3, 0.4) is 0 Å². The van der Waals surface area contributed by atoms with Crippen LogP contribution in [0.2, 0.25) is 0 Å². The van der Waals surface area contributed by atoms with Crippen LogP contribution in [0, 0.1) is 5.92 Å². The lowest BCUT2D eigenvalue weighted by atomic mass is 10.1. The molecule has 2 amide bonds. The summed E-state index contributed by atoms with van der Waals surface area (Å²) in [6, 6.07) is 0.692. The lowest BCUT2D eigenvalue weighted by Crippen LogP contribution is -2.44. The summed E-state index contributed by atoms with van der Waals surface area (Å²) in [6.07, 6.45) is 5.84. The normalized spacial score (nSPS) is 19.2. The molecule has 0 aliphatic heterocycles. The van der Waals surface area contributed by atoms with Gasteiger partial charge in [-0.2, -0.15) is 0 Å². The Balaban J connectivity index is 2.16. The fourth-order valence-corrected chi connectivity index (χ4v) is 2.29. The molecule has 88 valence electrons. The van der Waals surface area contributed by atoms with Crippen LogP contribution in [0.5, 0.6) is 0 Å². The van der Waals surface area contributed by atoms with Gasteiger partial charge >= 0.3 is 6.03 Å². The second-order valence-corrected chi connectivity index (χ2v) is 5.13. The molecular weight excluding hydrogens is 188 g/mol. The minimum atomic E-state index is 0.00931. The molecule has 0 spiro atoms. The van der Waals surface area contributed by atoms with Crippen molar-refractivity contribution in [2.75, 3.05) is 0 Å². The van der Waals surface area contributed by atoms with Gasteiger partial charge in [0.15, 0.2) is 0 Å². The molecule has 0 saturated heterocycles. The Morgan fingerprint density at radius 3 is 2.40 bits per heavy atom. The van der Waals surface area contributed by atoms with Crippen LogP contribution in [0.4, 0.5) is 4.79 Å². The summed E-state index contributed by atoms with van der Waals surface area (Å²) in [5.41, 5.74) is 0. The second kappa shape index (κ2) is 5.99. The summed E-state index contributed by atoms with van der Waals surface area (Å²) < 4.78 is 0. The number of rotatable bonds is 4. The quantitative estimate of drug-likeness (QED) is 0.739.